The van der Waals surface area contributed by atoms with Crippen molar-refractivity contribution in [1.29, 1.82) is 0 Å². The Bertz CT molecular complexity index is 983. The molecular formula is C21H20N4O2. The van der Waals surface area contributed by atoms with Crippen LogP contribution in [0.2, 0.25) is 0 Å². The molecule has 6 heteroatoms. The second-order valence-electron chi connectivity index (χ2n) is 7.01. The molecule has 4 heterocycles. The lowest BCUT2D eigenvalue weighted by molar-refractivity contribution is 0.0602. The molecule has 0 unspecified atom stereocenters. The zero-order chi connectivity index (χ0) is 18.2. The van der Waals surface area contributed by atoms with Crippen molar-refractivity contribution in [1.82, 2.24) is 20.1 Å². The number of piperidine rings is 1. The van der Waals surface area contributed by atoms with Crippen molar-refractivity contribution >= 4 is 5.91 Å². The molecular weight excluding hydrogens is 340 g/mol. The number of pyridine rings is 1. The Hall–Kier alpha value is -3.15. The van der Waals surface area contributed by atoms with Crippen LogP contribution in [0.15, 0.2) is 48.8 Å². The highest BCUT2D eigenvalue weighted by atomic mass is 16.5. The van der Waals surface area contributed by atoms with Gasteiger partial charge in [0, 0.05) is 30.1 Å². The summed E-state index contributed by atoms with van der Waals surface area (Å²) in [6, 6.07) is 11.8. The van der Waals surface area contributed by atoms with Crippen molar-refractivity contribution in [3.63, 3.8) is 0 Å². The van der Waals surface area contributed by atoms with Gasteiger partial charge in [0.1, 0.15) is 23.7 Å². The first-order chi connectivity index (χ1) is 13.3. The smallest absolute Gasteiger partial charge is 0.272 e. The molecule has 1 saturated heterocycles. The monoisotopic (exact) mass is 360 g/mol. The number of carbonyl (C=O) groups is 1. The zero-order valence-corrected chi connectivity index (χ0v) is 14.9. The molecule has 1 N–H and O–H groups in total. The maximum Gasteiger partial charge on any atom is 0.272 e. The van der Waals surface area contributed by atoms with Crippen molar-refractivity contribution in [2.24, 2.45) is 0 Å². The molecule has 0 spiro atoms. The first kappa shape index (κ1) is 16.1. The Balaban J connectivity index is 1.51. The molecule has 5 rings (SSSR count). The standard InChI is InChI=1S/C21H20N4O2/c26-21(25-11-4-3-8-17(25)14-6-5-10-22-12-14)20-16-13-27-18-9-2-1-7-15(18)19(16)23-24-20/h1-2,5-7,9-10,12,17H,3-4,8,11,13H2,(H,23,24)/t17-/m0/s1. The van der Waals surface area contributed by atoms with Gasteiger partial charge in [0.2, 0.25) is 0 Å². The molecule has 1 aromatic carbocycles. The van der Waals surface area contributed by atoms with Crippen LogP contribution in [0.1, 0.15) is 46.9 Å². The van der Waals surface area contributed by atoms with E-state index in [1.807, 2.05) is 47.5 Å². The number of para-hydroxylation sites is 1. The fraction of sp³-hybridized carbons (Fsp3) is 0.286. The summed E-state index contributed by atoms with van der Waals surface area (Å²) in [6.07, 6.45) is 6.70. The van der Waals surface area contributed by atoms with Crippen LogP contribution >= 0.6 is 0 Å². The number of aromatic nitrogens is 3. The highest BCUT2D eigenvalue weighted by molar-refractivity contribution is 5.96. The number of hydrogen-bond acceptors (Lipinski definition) is 4. The van der Waals surface area contributed by atoms with Crippen LogP contribution in [0.4, 0.5) is 0 Å². The van der Waals surface area contributed by atoms with E-state index >= 15 is 0 Å². The maximum atomic E-state index is 13.4. The highest BCUT2D eigenvalue weighted by Crippen LogP contribution is 2.38. The van der Waals surface area contributed by atoms with Gasteiger partial charge in [0.05, 0.1) is 6.04 Å². The summed E-state index contributed by atoms with van der Waals surface area (Å²) in [5.41, 5.74) is 4.21. The third-order valence-electron chi connectivity index (χ3n) is 5.43. The number of fused-ring (bicyclic) bond motifs is 3. The van der Waals surface area contributed by atoms with Gasteiger partial charge in [-0.2, -0.15) is 5.10 Å². The first-order valence-corrected chi connectivity index (χ1v) is 9.33. The van der Waals surface area contributed by atoms with Crippen molar-refractivity contribution in [3.8, 4) is 17.0 Å². The van der Waals surface area contributed by atoms with Gasteiger partial charge in [-0.25, -0.2) is 0 Å². The third kappa shape index (κ3) is 2.68. The Morgan fingerprint density at radius 3 is 3.00 bits per heavy atom. The Morgan fingerprint density at radius 1 is 1.19 bits per heavy atom. The summed E-state index contributed by atoms with van der Waals surface area (Å²) in [4.78, 5) is 19.6. The van der Waals surface area contributed by atoms with E-state index in [-0.39, 0.29) is 11.9 Å². The number of H-pyrrole nitrogens is 1. The van der Waals surface area contributed by atoms with E-state index in [0.29, 0.717) is 12.3 Å². The van der Waals surface area contributed by atoms with Crippen molar-refractivity contribution in [2.45, 2.75) is 31.9 Å². The number of likely N-dealkylation sites (tertiary alicyclic amines) is 1. The molecule has 136 valence electrons. The predicted octanol–water partition coefficient (Wildman–Crippen LogP) is 3.73. The topological polar surface area (TPSA) is 71.1 Å². The number of rotatable bonds is 2. The van der Waals surface area contributed by atoms with Crippen LogP contribution in [-0.2, 0) is 6.61 Å². The average molecular weight is 360 g/mol. The molecule has 1 atom stereocenters. The van der Waals surface area contributed by atoms with E-state index in [1.54, 1.807) is 6.20 Å². The average Bonchev–Trinajstić information content (AvgIpc) is 3.18. The number of nitrogens with zero attached hydrogens (tertiary/aromatic N) is 3. The Morgan fingerprint density at radius 2 is 2.11 bits per heavy atom. The van der Waals surface area contributed by atoms with Gasteiger partial charge in [0.25, 0.3) is 5.91 Å². The molecule has 27 heavy (non-hydrogen) atoms. The lowest BCUT2D eigenvalue weighted by Gasteiger charge is -2.36. The number of carbonyl (C=O) groups excluding carboxylic acids is 1. The molecule has 0 bridgehead atoms. The Labute approximate surface area is 157 Å². The number of amides is 1. The highest BCUT2D eigenvalue weighted by Gasteiger charge is 2.33. The predicted molar refractivity (Wildman–Crippen MR) is 100 cm³/mol. The zero-order valence-electron chi connectivity index (χ0n) is 14.9. The molecule has 1 amide bonds. The summed E-state index contributed by atoms with van der Waals surface area (Å²) in [7, 11) is 0. The molecule has 0 aliphatic carbocycles. The summed E-state index contributed by atoms with van der Waals surface area (Å²) in [6.45, 7) is 1.10. The summed E-state index contributed by atoms with van der Waals surface area (Å²) in [5, 5.41) is 7.44. The maximum absolute atomic E-state index is 13.4. The lowest BCUT2D eigenvalue weighted by Crippen LogP contribution is -2.39. The normalized spacial score (nSPS) is 18.4. The van der Waals surface area contributed by atoms with Gasteiger partial charge >= 0.3 is 0 Å². The van der Waals surface area contributed by atoms with Gasteiger partial charge in [-0.15, -0.1) is 0 Å². The first-order valence-electron chi connectivity index (χ1n) is 9.33. The van der Waals surface area contributed by atoms with Crippen LogP contribution in [0.25, 0.3) is 11.3 Å². The van der Waals surface area contributed by atoms with E-state index in [2.05, 4.69) is 15.2 Å². The van der Waals surface area contributed by atoms with Gasteiger partial charge < -0.3 is 9.64 Å². The summed E-state index contributed by atoms with van der Waals surface area (Å²) in [5.74, 6) is 0.794. The molecule has 0 radical (unpaired) electrons. The fourth-order valence-electron chi connectivity index (χ4n) is 4.08. The van der Waals surface area contributed by atoms with Gasteiger partial charge in [-0.05, 0) is 43.0 Å². The quantitative estimate of drug-likeness (QED) is 0.756. The van der Waals surface area contributed by atoms with Gasteiger partial charge in [-0.3, -0.25) is 14.9 Å². The van der Waals surface area contributed by atoms with Crippen molar-refractivity contribution < 1.29 is 9.53 Å². The van der Waals surface area contributed by atoms with Crippen LogP contribution < -0.4 is 4.74 Å². The SMILES string of the molecule is O=C(c1[nH]nc2c1COc1ccccc1-2)N1CCCC[C@H]1c1cccnc1. The van der Waals surface area contributed by atoms with Crippen LogP contribution in [0.3, 0.4) is 0 Å². The molecule has 3 aromatic rings. The molecule has 1 fully saturated rings. The number of hydrogen-bond donors (Lipinski definition) is 1. The van der Waals surface area contributed by atoms with E-state index in [9.17, 15) is 4.79 Å². The van der Waals surface area contributed by atoms with E-state index in [4.69, 9.17) is 4.74 Å². The molecule has 2 aliphatic heterocycles. The van der Waals surface area contributed by atoms with Gasteiger partial charge in [0.15, 0.2) is 0 Å². The van der Waals surface area contributed by atoms with Crippen molar-refractivity contribution in [2.75, 3.05) is 6.54 Å². The van der Waals surface area contributed by atoms with Crippen LogP contribution in [-0.4, -0.2) is 32.5 Å². The van der Waals surface area contributed by atoms with E-state index in [1.165, 1.54) is 0 Å². The minimum atomic E-state index is -0.0136. The van der Waals surface area contributed by atoms with Crippen LogP contribution in [0.5, 0.6) is 5.75 Å². The number of benzene rings is 1. The lowest BCUT2D eigenvalue weighted by atomic mass is 9.95. The van der Waals surface area contributed by atoms with Crippen LogP contribution in [0, 0.1) is 0 Å². The minimum absolute atomic E-state index is 0.0136. The molecule has 0 saturated carbocycles. The second kappa shape index (κ2) is 6.54. The second-order valence-corrected chi connectivity index (χ2v) is 7.01. The Kier molecular flexibility index (Phi) is 3.89. The van der Waals surface area contributed by atoms with Gasteiger partial charge in [-0.1, -0.05) is 18.2 Å². The van der Waals surface area contributed by atoms with E-state index < -0.39 is 0 Å². The summed E-state index contributed by atoms with van der Waals surface area (Å²) >= 11 is 0. The van der Waals surface area contributed by atoms with E-state index in [0.717, 1.165) is 53.9 Å². The molecule has 6 nitrogen and oxygen atoms in total. The molecule has 2 aliphatic rings. The van der Waals surface area contributed by atoms with Crippen molar-refractivity contribution in [3.05, 3.63) is 65.6 Å². The molecule has 2 aromatic heterocycles. The third-order valence-corrected chi connectivity index (χ3v) is 5.43. The number of nitrogens with one attached hydrogen (secondary N) is 1. The largest absolute Gasteiger partial charge is 0.488 e. The minimum Gasteiger partial charge on any atom is -0.488 e. The number of ether oxygens (including phenoxy) is 1. The summed E-state index contributed by atoms with van der Waals surface area (Å²) < 4.78 is 5.86. The number of aromatic amines is 1. The fourth-order valence-corrected chi connectivity index (χ4v) is 4.08.